The number of alkyl halides is 3. The number of aliphatic hydroxyl groups is 1. The Balaban J connectivity index is 3.63. The van der Waals surface area contributed by atoms with Gasteiger partial charge in [0.15, 0.2) is 11.7 Å². The fraction of sp³-hybridized carbons (Fsp3) is 0.550. The fourth-order valence-electron chi connectivity index (χ4n) is 2.68. The van der Waals surface area contributed by atoms with Crippen molar-refractivity contribution < 1.29 is 42.3 Å². The highest BCUT2D eigenvalue weighted by Crippen LogP contribution is 2.40. The Labute approximate surface area is 182 Å². The summed E-state index contributed by atoms with van der Waals surface area (Å²) in [5, 5.41) is 20.8. The number of hydrogen-bond acceptors (Lipinski definition) is 8. The first-order valence-corrected chi connectivity index (χ1v) is 9.47. The molecule has 0 bridgehead atoms. The molecule has 1 rings (SSSR count). The van der Waals surface area contributed by atoms with Gasteiger partial charge in [-0.25, -0.2) is 0 Å². The van der Waals surface area contributed by atoms with Gasteiger partial charge in [0.1, 0.15) is 11.3 Å². The number of carbonyl (C=O) groups excluding carboxylic acids is 2. The Morgan fingerprint density at radius 1 is 1.28 bits per heavy atom. The van der Waals surface area contributed by atoms with Gasteiger partial charge < -0.3 is 14.6 Å². The van der Waals surface area contributed by atoms with Crippen molar-refractivity contribution in [3.05, 3.63) is 33.4 Å². The third-order valence-electron chi connectivity index (χ3n) is 4.50. The van der Waals surface area contributed by atoms with Crippen LogP contribution in [0.1, 0.15) is 43.6 Å². The van der Waals surface area contributed by atoms with E-state index in [4.69, 9.17) is 9.47 Å². The number of ether oxygens (including phenoxy) is 2. The molecule has 2 unspecified atom stereocenters. The SMILES string of the molecule is CCOC(=O)C(C=NC(CO)C(C)(C)C)C(=O)c1cc([N+](=O)[O-])c(C(F)(F)F)cc1OC. The van der Waals surface area contributed by atoms with Crippen LogP contribution in [0.5, 0.6) is 5.75 Å². The molecule has 0 aromatic heterocycles. The second kappa shape index (κ2) is 10.5. The molecular weight excluding hydrogens is 437 g/mol. The Morgan fingerprint density at radius 2 is 1.88 bits per heavy atom. The van der Waals surface area contributed by atoms with Gasteiger partial charge in [-0.3, -0.25) is 24.7 Å². The second-order valence-electron chi connectivity index (χ2n) is 7.78. The molecule has 178 valence electrons. The number of ketones is 1. The van der Waals surface area contributed by atoms with Gasteiger partial charge in [0.2, 0.25) is 0 Å². The monoisotopic (exact) mass is 462 g/mol. The number of aliphatic hydroxyl groups excluding tert-OH is 1. The van der Waals surface area contributed by atoms with Crippen LogP contribution in [0.3, 0.4) is 0 Å². The predicted octanol–water partition coefficient (Wildman–Crippen LogP) is 3.46. The number of hydrogen-bond donors (Lipinski definition) is 1. The molecule has 0 heterocycles. The van der Waals surface area contributed by atoms with E-state index in [9.17, 15) is 38.0 Å². The van der Waals surface area contributed by atoms with Crippen molar-refractivity contribution in [1.29, 1.82) is 0 Å². The number of halogens is 3. The zero-order valence-electron chi connectivity index (χ0n) is 18.2. The van der Waals surface area contributed by atoms with Crippen molar-refractivity contribution in [2.45, 2.75) is 39.9 Å². The van der Waals surface area contributed by atoms with Crippen molar-refractivity contribution in [2.75, 3.05) is 20.3 Å². The number of esters is 1. The van der Waals surface area contributed by atoms with Gasteiger partial charge in [0.05, 0.1) is 36.9 Å². The summed E-state index contributed by atoms with van der Waals surface area (Å²) in [7, 11) is 0.979. The Hall–Kier alpha value is -3.02. The van der Waals surface area contributed by atoms with Gasteiger partial charge in [-0.2, -0.15) is 13.2 Å². The van der Waals surface area contributed by atoms with E-state index in [1.165, 1.54) is 6.92 Å². The zero-order valence-corrected chi connectivity index (χ0v) is 18.2. The van der Waals surface area contributed by atoms with Crippen LogP contribution >= 0.6 is 0 Å². The molecule has 0 aliphatic carbocycles. The summed E-state index contributed by atoms with van der Waals surface area (Å²) in [5.41, 5.74) is -4.14. The minimum atomic E-state index is -5.08. The molecule has 1 aromatic carbocycles. The lowest BCUT2D eigenvalue weighted by molar-refractivity contribution is -0.388. The van der Waals surface area contributed by atoms with E-state index in [2.05, 4.69) is 4.99 Å². The van der Waals surface area contributed by atoms with Gasteiger partial charge in [0.25, 0.3) is 5.69 Å². The molecule has 9 nitrogen and oxygen atoms in total. The largest absolute Gasteiger partial charge is 0.496 e. The molecule has 0 radical (unpaired) electrons. The van der Waals surface area contributed by atoms with Crippen LogP contribution in [0.4, 0.5) is 18.9 Å². The number of nitro groups is 1. The molecule has 0 amide bonds. The highest BCUT2D eigenvalue weighted by molar-refractivity contribution is 6.19. The van der Waals surface area contributed by atoms with Crippen molar-refractivity contribution >= 4 is 23.7 Å². The summed E-state index contributed by atoms with van der Waals surface area (Å²) in [5.74, 6) is -4.50. The molecule has 0 saturated carbocycles. The lowest BCUT2D eigenvalue weighted by Crippen LogP contribution is -2.32. The van der Waals surface area contributed by atoms with Gasteiger partial charge >= 0.3 is 12.1 Å². The first-order chi connectivity index (χ1) is 14.7. The molecule has 0 saturated heterocycles. The molecule has 32 heavy (non-hydrogen) atoms. The fourth-order valence-corrected chi connectivity index (χ4v) is 2.68. The lowest BCUT2D eigenvalue weighted by Gasteiger charge is -2.25. The summed E-state index contributed by atoms with van der Waals surface area (Å²) in [6.07, 6.45) is -4.16. The van der Waals surface area contributed by atoms with Crippen LogP contribution in [0, 0.1) is 21.4 Å². The average Bonchev–Trinajstić information content (AvgIpc) is 2.68. The minimum absolute atomic E-state index is 0.108. The van der Waals surface area contributed by atoms with Crippen LogP contribution in [0.15, 0.2) is 17.1 Å². The summed E-state index contributed by atoms with van der Waals surface area (Å²) in [4.78, 5) is 39.5. The topological polar surface area (TPSA) is 128 Å². The molecular formula is C20H25F3N2O7. The van der Waals surface area contributed by atoms with Gasteiger partial charge in [-0.1, -0.05) is 20.8 Å². The van der Waals surface area contributed by atoms with Crippen molar-refractivity contribution in [1.82, 2.24) is 0 Å². The van der Waals surface area contributed by atoms with E-state index < -0.39 is 69.4 Å². The van der Waals surface area contributed by atoms with Crippen molar-refractivity contribution in [2.24, 2.45) is 16.3 Å². The maximum atomic E-state index is 13.2. The van der Waals surface area contributed by atoms with E-state index in [-0.39, 0.29) is 6.61 Å². The Kier molecular flexibility index (Phi) is 8.89. The van der Waals surface area contributed by atoms with Crippen molar-refractivity contribution in [3.63, 3.8) is 0 Å². The molecule has 0 aliphatic rings. The molecule has 0 fully saturated rings. The molecule has 2 atom stereocenters. The van der Waals surface area contributed by atoms with Crippen LogP contribution in [0.25, 0.3) is 0 Å². The summed E-state index contributed by atoms with van der Waals surface area (Å²) >= 11 is 0. The molecule has 0 aliphatic heterocycles. The number of nitro benzene ring substituents is 1. The van der Waals surface area contributed by atoms with Gasteiger partial charge in [0, 0.05) is 18.3 Å². The number of nitrogens with zero attached hydrogens (tertiary/aromatic N) is 2. The zero-order chi connectivity index (χ0) is 24.9. The second-order valence-corrected chi connectivity index (χ2v) is 7.78. The maximum absolute atomic E-state index is 13.2. The highest BCUT2D eigenvalue weighted by Gasteiger charge is 2.41. The van der Waals surface area contributed by atoms with E-state index in [0.717, 1.165) is 13.3 Å². The standard InChI is InChI=1S/C20H25F3N2O7/c1-6-32-18(28)12(9-24-16(10-26)19(2,3)4)17(27)11-7-14(25(29)30)13(20(21,22)23)8-15(11)31-5/h7-9,12,16,26H,6,10H2,1-5H3. The Morgan fingerprint density at radius 3 is 2.28 bits per heavy atom. The molecule has 1 aromatic rings. The number of carbonyl (C=O) groups is 2. The quantitative estimate of drug-likeness (QED) is 0.149. The number of rotatable bonds is 9. The Bertz CT molecular complexity index is 892. The van der Waals surface area contributed by atoms with Crippen molar-refractivity contribution in [3.8, 4) is 5.75 Å². The number of benzene rings is 1. The number of methoxy groups -OCH3 is 1. The summed E-state index contributed by atoms with van der Waals surface area (Å²) < 4.78 is 49.4. The minimum Gasteiger partial charge on any atom is -0.496 e. The number of Topliss-reactive ketones (excluding diaryl/α,β-unsaturated/α-hetero) is 1. The summed E-state index contributed by atoms with van der Waals surface area (Å²) in [6, 6.07) is 0.0318. The molecule has 1 N–H and O–H groups in total. The van der Waals surface area contributed by atoms with E-state index in [1.54, 1.807) is 20.8 Å². The smallest absolute Gasteiger partial charge is 0.423 e. The predicted molar refractivity (Wildman–Crippen MR) is 108 cm³/mol. The lowest BCUT2D eigenvalue weighted by atomic mass is 9.87. The van der Waals surface area contributed by atoms with Crippen LogP contribution in [-0.2, 0) is 15.7 Å². The normalized spacial score (nSPS) is 14.2. The number of aliphatic imine (C=N–C) groups is 1. The third-order valence-corrected chi connectivity index (χ3v) is 4.50. The first-order valence-electron chi connectivity index (χ1n) is 9.47. The molecule has 0 spiro atoms. The van der Waals surface area contributed by atoms with E-state index in [1.807, 2.05) is 0 Å². The highest BCUT2D eigenvalue weighted by atomic mass is 19.4. The maximum Gasteiger partial charge on any atom is 0.423 e. The van der Waals surface area contributed by atoms with Gasteiger partial charge in [-0.05, 0) is 12.3 Å². The summed E-state index contributed by atoms with van der Waals surface area (Å²) in [6.45, 7) is 6.24. The van der Waals surface area contributed by atoms with Crippen LogP contribution < -0.4 is 4.74 Å². The van der Waals surface area contributed by atoms with Gasteiger partial charge in [-0.15, -0.1) is 0 Å². The van der Waals surface area contributed by atoms with Crippen LogP contribution in [0.2, 0.25) is 0 Å². The van der Waals surface area contributed by atoms with E-state index >= 15 is 0 Å². The molecule has 12 heteroatoms. The average molecular weight is 462 g/mol. The first kappa shape index (κ1) is 27.0. The van der Waals surface area contributed by atoms with E-state index in [0.29, 0.717) is 12.1 Å². The third kappa shape index (κ3) is 6.49. The van der Waals surface area contributed by atoms with Crippen LogP contribution in [-0.4, -0.2) is 54.4 Å².